The summed E-state index contributed by atoms with van der Waals surface area (Å²) in [5.41, 5.74) is 0.742. The van der Waals surface area contributed by atoms with Crippen LogP contribution in [-0.2, 0) is 4.79 Å². The van der Waals surface area contributed by atoms with E-state index in [4.69, 9.17) is 4.74 Å². The van der Waals surface area contributed by atoms with Crippen LogP contribution in [0.2, 0.25) is 0 Å². The molecule has 2 rings (SSSR count). The highest BCUT2D eigenvalue weighted by atomic mass is 19.1. The molecule has 1 unspecified atom stereocenters. The SMILES string of the molecule is COc1ccc(C2CNCCC(=O)N2)cc1F. The summed E-state index contributed by atoms with van der Waals surface area (Å²) >= 11 is 0. The second-order valence-corrected chi connectivity index (χ2v) is 3.97. The number of hydrogen-bond acceptors (Lipinski definition) is 3. The second-order valence-electron chi connectivity index (χ2n) is 3.97. The van der Waals surface area contributed by atoms with Crippen LogP contribution in [-0.4, -0.2) is 26.1 Å². The fourth-order valence-corrected chi connectivity index (χ4v) is 1.87. The van der Waals surface area contributed by atoms with Crippen molar-refractivity contribution in [1.29, 1.82) is 0 Å². The minimum absolute atomic E-state index is 0.0174. The molecule has 1 aliphatic rings. The molecule has 2 N–H and O–H groups in total. The molecule has 1 heterocycles. The maximum absolute atomic E-state index is 13.5. The Morgan fingerprint density at radius 1 is 1.47 bits per heavy atom. The molecular weight excluding hydrogens is 223 g/mol. The average Bonchev–Trinajstić information content (AvgIpc) is 2.54. The van der Waals surface area contributed by atoms with E-state index in [1.165, 1.54) is 13.2 Å². The standard InChI is InChI=1S/C12H15FN2O2/c1-17-11-3-2-8(6-9(11)13)10-7-14-5-4-12(16)15-10/h2-3,6,10,14H,4-5,7H2,1H3,(H,15,16). The van der Waals surface area contributed by atoms with E-state index >= 15 is 0 Å². The molecule has 0 aliphatic carbocycles. The number of carbonyl (C=O) groups is 1. The zero-order chi connectivity index (χ0) is 12.3. The van der Waals surface area contributed by atoms with E-state index in [2.05, 4.69) is 10.6 Å². The van der Waals surface area contributed by atoms with E-state index in [1.807, 2.05) is 0 Å². The lowest BCUT2D eigenvalue weighted by molar-refractivity contribution is -0.121. The highest BCUT2D eigenvalue weighted by Crippen LogP contribution is 2.22. The summed E-state index contributed by atoms with van der Waals surface area (Å²) in [4.78, 5) is 11.4. The Kier molecular flexibility index (Phi) is 3.58. The largest absolute Gasteiger partial charge is 0.494 e. The van der Waals surface area contributed by atoms with Crippen LogP contribution in [0, 0.1) is 5.82 Å². The van der Waals surface area contributed by atoms with Gasteiger partial charge in [0.1, 0.15) is 0 Å². The minimum atomic E-state index is -0.413. The molecule has 1 atom stereocenters. The number of carbonyl (C=O) groups excluding carboxylic acids is 1. The smallest absolute Gasteiger partial charge is 0.221 e. The molecule has 1 fully saturated rings. The van der Waals surface area contributed by atoms with E-state index in [-0.39, 0.29) is 17.7 Å². The highest BCUT2D eigenvalue weighted by Gasteiger charge is 2.18. The normalized spacial score (nSPS) is 20.6. The molecule has 5 heteroatoms. The quantitative estimate of drug-likeness (QED) is 0.807. The van der Waals surface area contributed by atoms with Crippen LogP contribution in [0.15, 0.2) is 18.2 Å². The van der Waals surface area contributed by atoms with E-state index in [0.29, 0.717) is 19.5 Å². The number of benzene rings is 1. The molecule has 0 saturated carbocycles. The summed E-state index contributed by atoms with van der Waals surface area (Å²) in [7, 11) is 1.42. The molecule has 1 saturated heterocycles. The van der Waals surface area contributed by atoms with Crippen molar-refractivity contribution >= 4 is 5.91 Å². The van der Waals surface area contributed by atoms with Crippen LogP contribution in [0.3, 0.4) is 0 Å². The number of rotatable bonds is 2. The Balaban J connectivity index is 2.20. The van der Waals surface area contributed by atoms with Crippen molar-refractivity contribution in [2.45, 2.75) is 12.5 Å². The first kappa shape index (κ1) is 11.9. The van der Waals surface area contributed by atoms with Gasteiger partial charge in [0, 0.05) is 19.5 Å². The van der Waals surface area contributed by atoms with Crippen LogP contribution in [0.25, 0.3) is 0 Å². The van der Waals surface area contributed by atoms with Gasteiger partial charge in [-0.25, -0.2) is 4.39 Å². The maximum Gasteiger partial charge on any atom is 0.221 e. The molecule has 92 valence electrons. The molecular formula is C12H15FN2O2. The monoisotopic (exact) mass is 238 g/mol. The van der Waals surface area contributed by atoms with Crippen molar-refractivity contribution < 1.29 is 13.9 Å². The third-order valence-electron chi connectivity index (χ3n) is 2.79. The summed E-state index contributed by atoms with van der Waals surface area (Å²) in [6.45, 7) is 1.26. The van der Waals surface area contributed by atoms with E-state index in [9.17, 15) is 9.18 Å². The van der Waals surface area contributed by atoms with Gasteiger partial charge in [-0.1, -0.05) is 6.07 Å². The summed E-state index contributed by atoms with van der Waals surface area (Å²) in [5.74, 6) is -0.221. The first-order valence-electron chi connectivity index (χ1n) is 5.54. The molecule has 17 heavy (non-hydrogen) atoms. The van der Waals surface area contributed by atoms with Crippen molar-refractivity contribution in [3.8, 4) is 5.75 Å². The van der Waals surface area contributed by atoms with Crippen molar-refractivity contribution in [3.05, 3.63) is 29.6 Å². The molecule has 1 aromatic carbocycles. The van der Waals surface area contributed by atoms with Gasteiger partial charge in [0.25, 0.3) is 0 Å². The van der Waals surface area contributed by atoms with E-state index in [1.54, 1.807) is 12.1 Å². The van der Waals surface area contributed by atoms with Crippen molar-refractivity contribution in [1.82, 2.24) is 10.6 Å². The predicted molar refractivity (Wildman–Crippen MR) is 61.3 cm³/mol. The number of ether oxygens (including phenoxy) is 1. The molecule has 0 bridgehead atoms. The van der Waals surface area contributed by atoms with Gasteiger partial charge in [-0.05, 0) is 17.7 Å². The number of halogens is 1. The van der Waals surface area contributed by atoms with Crippen LogP contribution >= 0.6 is 0 Å². The summed E-state index contributed by atoms with van der Waals surface area (Å²) in [6, 6.07) is 4.55. The molecule has 1 aliphatic heterocycles. The molecule has 1 amide bonds. The van der Waals surface area contributed by atoms with Crippen molar-refractivity contribution in [2.24, 2.45) is 0 Å². The van der Waals surface area contributed by atoms with Gasteiger partial charge >= 0.3 is 0 Å². The Morgan fingerprint density at radius 2 is 2.29 bits per heavy atom. The van der Waals surface area contributed by atoms with Crippen LogP contribution in [0.5, 0.6) is 5.75 Å². The van der Waals surface area contributed by atoms with Gasteiger partial charge in [0.15, 0.2) is 11.6 Å². The van der Waals surface area contributed by atoms with E-state index in [0.717, 1.165) is 5.56 Å². The third-order valence-corrected chi connectivity index (χ3v) is 2.79. The Hall–Kier alpha value is -1.62. The lowest BCUT2D eigenvalue weighted by atomic mass is 10.1. The number of methoxy groups -OCH3 is 1. The van der Waals surface area contributed by atoms with Gasteiger partial charge in [0.2, 0.25) is 5.91 Å². The number of hydrogen-bond donors (Lipinski definition) is 2. The summed E-state index contributed by atoms with van der Waals surface area (Å²) < 4.78 is 18.4. The molecule has 1 aromatic rings. The molecule has 4 nitrogen and oxygen atoms in total. The van der Waals surface area contributed by atoms with Crippen molar-refractivity contribution in [2.75, 3.05) is 20.2 Å². The minimum Gasteiger partial charge on any atom is -0.494 e. The first-order valence-corrected chi connectivity index (χ1v) is 5.54. The highest BCUT2D eigenvalue weighted by molar-refractivity contribution is 5.77. The third kappa shape index (κ3) is 2.74. The topological polar surface area (TPSA) is 50.4 Å². The fraction of sp³-hybridized carbons (Fsp3) is 0.417. The lowest BCUT2D eigenvalue weighted by Gasteiger charge is -2.16. The number of nitrogens with one attached hydrogen (secondary N) is 2. The van der Waals surface area contributed by atoms with Crippen LogP contribution in [0.1, 0.15) is 18.0 Å². The second kappa shape index (κ2) is 5.14. The Morgan fingerprint density at radius 3 is 3.00 bits per heavy atom. The number of amides is 1. The zero-order valence-corrected chi connectivity index (χ0v) is 9.63. The molecule has 0 spiro atoms. The Bertz CT molecular complexity index is 423. The van der Waals surface area contributed by atoms with Gasteiger partial charge in [-0.2, -0.15) is 0 Å². The van der Waals surface area contributed by atoms with Gasteiger partial charge in [-0.3, -0.25) is 4.79 Å². The van der Waals surface area contributed by atoms with E-state index < -0.39 is 5.82 Å². The molecule has 0 aromatic heterocycles. The first-order chi connectivity index (χ1) is 8.20. The summed E-state index contributed by atoms with van der Waals surface area (Å²) in [6.07, 6.45) is 0.454. The Labute approximate surface area is 99.2 Å². The summed E-state index contributed by atoms with van der Waals surface area (Å²) in [5, 5.41) is 5.99. The zero-order valence-electron chi connectivity index (χ0n) is 9.63. The lowest BCUT2D eigenvalue weighted by Crippen LogP contribution is -2.30. The van der Waals surface area contributed by atoms with Crippen molar-refractivity contribution in [3.63, 3.8) is 0 Å². The van der Waals surface area contributed by atoms with Crippen LogP contribution in [0.4, 0.5) is 4.39 Å². The van der Waals surface area contributed by atoms with Gasteiger partial charge < -0.3 is 15.4 Å². The van der Waals surface area contributed by atoms with Gasteiger partial charge in [-0.15, -0.1) is 0 Å². The maximum atomic E-state index is 13.5. The molecule has 0 radical (unpaired) electrons. The predicted octanol–water partition coefficient (Wildman–Crippen LogP) is 0.985. The fourth-order valence-electron chi connectivity index (χ4n) is 1.87. The van der Waals surface area contributed by atoms with Crippen LogP contribution < -0.4 is 15.4 Å². The van der Waals surface area contributed by atoms with Gasteiger partial charge in [0.05, 0.1) is 13.2 Å². The average molecular weight is 238 g/mol.